The van der Waals surface area contributed by atoms with Gasteiger partial charge in [0.1, 0.15) is 5.75 Å². The number of esters is 1. The van der Waals surface area contributed by atoms with E-state index in [0.29, 0.717) is 37.8 Å². The van der Waals surface area contributed by atoms with Crippen molar-refractivity contribution < 1.29 is 23.8 Å². The van der Waals surface area contributed by atoms with Crippen molar-refractivity contribution in [2.24, 2.45) is 5.92 Å². The molecule has 0 aromatic heterocycles. The first kappa shape index (κ1) is 22.7. The zero-order valence-electron chi connectivity index (χ0n) is 18.5. The fraction of sp³-hybridized carbons (Fsp3) is 0.440. The molecule has 0 aliphatic carbocycles. The smallest absolute Gasteiger partial charge is 0.410 e. The zero-order chi connectivity index (χ0) is 22.2. The molecule has 1 saturated heterocycles. The summed E-state index contributed by atoms with van der Waals surface area (Å²) in [5, 5.41) is 0. The normalized spacial score (nSPS) is 14.4. The molecule has 1 heterocycles. The first-order valence-electron chi connectivity index (χ1n) is 10.9. The Morgan fingerprint density at radius 1 is 0.968 bits per heavy atom. The summed E-state index contributed by atoms with van der Waals surface area (Å²) < 4.78 is 16.3. The van der Waals surface area contributed by atoms with Crippen molar-refractivity contribution in [3.63, 3.8) is 0 Å². The third-order valence-electron chi connectivity index (χ3n) is 5.28. The van der Waals surface area contributed by atoms with E-state index in [0.717, 1.165) is 29.7 Å². The number of nitrogens with zero attached hydrogens (tertiary/aromatic N) is 1. The lowest BCUT2D eigenvalue weighted by atomic mass is 9.98. The van der Waals surface area contributed by atoms with Crippen LogP contribution in [0.15, 0.2) is 48.5 Å². The van der Waals surface area contributed by atoms with Crippen LogP contribution in [0.4, 0.5) is 4.79 Å². The highest BCUT2D eigenvalue weighted by Crippen LogP contribution is 2.25. The highest BCUT2D eigenvalue weighted by Gasteiger charge is 2.24. The van der Waals surface area contributed by atoms with E-state index in [1.54, 1.807) is 24.0 Å². The second-order valence-corrected chi connectivity index (χ2v) is 8.00. The van der Waals surface area contributed by atoms with E-state index in [9.17, 15) is 9.59 Å². The Morgan fingerprint density at radius 3 is 2.10 bits per heavy atom. The molecule has 166 valence electrons. The van der Waals surface area contributed by atoms with Crippen molar-refractivity contribution in [2.45, 2.75) is 39.7 Å². The Morgan fingerprint density at radius 2 is 1.55 bits per heavy atom. The summed E-state index contributed by atoms with van der Waals surface area (Å²) in [6.07, 6.45) is 1.52. The van der Waals surface area contributed by atoms with Crippen molar-refractivity contribution in [1.29, 1.82) is 0 Å². The maximum Gasteiger partial charge on any atom is 0.410 e. The maximum absolute atomic E-state index is 12.0. The molecular weight excluding hydrogens is 394 g/mol. The average molecular weight is 426 g/mol. The van der Waals surface area contributed by atoms with Crippen molar-refractivity contribution in [2.75, 3.05) is 26.3 Å². The molecule has 31 heavy (non-hydrogen) atoms. The molecule has 2 aromatic carbocycles. The first-order chi connectivity index (χ1) is 15.0. The number of benzene rings is 2. The van der Waals surface area contributed by atoms with Crippen LogP contribution in [-0.2, 0) is 9.47 Å². The summed E-state index contributed by atoms with van der Waals surface area (Å²) in [4.78, 5) is 25.5. The molecule has 1 aliphatic rings. The van der Waals surface area contributed by atoms with Crippen molar-refractivity contribution in [3.05, 3.63) is 54.1 Å². The minimum Gasteiger partial charge on any atom is -0.493 e. The lowest BCUT2D eigenvalue weighted by Crippen LogP contribution is -2.40. The average Bonchev–Trinajstić information content (AvgIpc) is 2.78. The molecule has 2 aromatic rings. The molecule has 0 bridgehead atoms. The number of amides is 1. The molecule has 1 aliphatic heterocycles. The number of piperidine rings is 1. The Labute approximate surface area is 184 Å². The van der Waals surface area contributed by atoms with Gasteiger partial charge in [-0.3, -0.25) is 0 Å². The molecule has 0 saturated carbocycles. The van der Waals surface area contributed by atoms with E-state index in [4.69, 9.17) is 14.2 Å². The van der Waals surface area contributed by atoms with Crippen LogP contribution in [0, 0.1) is 5.92 Å². The van der Waals surface area contributed by atoms with Gasteiger partial charge in [-0.1, -0.05) is 24.3 Å². The fourth-order valence-corrected chi connectivity index (χ4v) is 3.53. The minimum absolute atomic E-state index is 0.0907. The van der Waals surface area contributed by atoms with Gasteiger partial charge in [-0.05, 0) is 74.9 Å². The van der Waals surface area contributed by atoms with Crippen LogP contribution in [0.1, 0.15) is 44.0 Å². The lowest BCUT2D eigenvalue weighted by molar-refractivity contribution is 0.0525. The minimum atomic E-state index is -0.305. The number of carbonyl (C=O) groups is 2. The van der Waals surface area contributed by atoms with Crippen LogP contribution in [0.2, 0.25) is 0 Å². The van der Waals surface area contributed by atoms with Gasteiger partial charge in [0.15, 0.2) is 0 Å². The molecule has 1 amide bonds. The van der Waals surface area contributed by atoms with Crippen LogP contribution in [0.25, 0.3) is 11.1 Å². The predicted molar refractivity (Wildman–Crippen MR) is 119 cm³/mol. The Hall–Kier alpha value is -3.02. The summed E-state index contributed by atoms with van der Waals surface area (Å²) in [6.45, 7) is 7.94. The van der Waals surface area contributed by atoms with Gasteiger partial charge in [0.2, 0.25) is 0 Å². The summed E-state index contributed by atoms with van der Waals surface area (Å²) in [6, 6.07) is 15.3. The predicted octanol–water partition coefficient (Wildman–Crippen LogP) is 5.17. The Kier molecular flexibility index (Phi) is 7.93. The SMILES string of the molecule is CCOC(=O)c1ccc(-c2ccc(OCC3CCN(C(=O)OC(C)C)CC3)cc2)cc1. The van der Waals surface area contributed by atoms with Crippen molar-refractivity contribution in [1.82, 2.24) is 4.90 Å². The fourth-order valence-electron chi connectivity index (χ4n) is 3.53. The van der Waals surface area contributed by atoms with Gasteiger partial charge in [-0.15, -0.1) is 0 Å². The highest BCUT2D eigenvalue weighted by atomic mass is 16.6. The number of hydrogen-bond donors (Lipinski definition) is 0. The maximum atomic E-state index is 12.0. The number of rotatable bonds is 7. The second-order valence-electron chi connectivity index (χ2n) is 8.00. The van der Waals surface area contributed by atoms with Crippen LogP contribution < -0.4 is 4.74 Å². The van der Waals surface area contributed by atoms with E-state index in [1.807, 2.05) is 50.2 Å². The van der Waals surface area contributed by atoms with Gasteiger partial charge in [0, 0.05) is 13.1 Å². The second kappa shape index (κ2) is 10.8. The zero-order valence-corrected chi connectivity index (χ0v) is 18.5. The molecule has 0 radical (unpaired) electrons. The van der Waals surface area contributed by atoms with Crippen molar-refractivity contribution >= 4 is 12.1 Å². The largest absolute Gasteiger partial charge is 0.493 e. The molecular formula is C25H31NO5. The lowest BCUT2D eigenvalue weighted by Gasteiger charge is -2.31. The number of likely N-dealkylation sites (tertiary alicyclic amines) is 1. The van der Waals surface area contributed by atoms with Crippen LogP contribution >= 0.6 is 0 Å². The molecule has 0 N–H and O–H groups in total. The van der Waals surface area contributed by atoms with Gasteiger partial charge in [0.25, 0.3) is 0 Å². The monoisotopic (exact) mass is 425 g/mol. The number of ether oxygens (including phenoxy) is 3. The third-order valence-corrected chi connectivity index (χ3v) is 5.28. The molecule has 3 rings (SSSR count). The standard InChI is InChI=1S/C25H31NO5/c1-4-29-24(27)22-7-5-20(6-8-22)21-9-11-23(12-10-21)30-17-19-13-15-26(16-14-19)25(28)31-18(2)3/h5-12,18-19H,4,13-17H2,1-3H3. The number of hydrogen-bond acceptors (Lipinski definition) is 5. The molecule has 0 spiro atoms. The van der Waals surface area contributed by atoms with Gasteiger partial charge in [-0.2, -0.15) is 0 Å². The molecule has 0 unspecified atom stereocenters. The molecule has 6 nitrogen and oxygen atoms in total. The summed E-state index contributed by atoms with van der Waals surface area (Å²) in [5.41, 5.74) is 2.63. The Bertz CT molecular complexity index is 852. The van der Waals surface area contributed by atoms with Gasteiger partial charge in [-0.25, -0.2) is 9.59 Å². The van der Waals surface area contributed by atoms with Gasteiger partial charge >= 0.3 is 12.1 Å². The molecule has 1 fully saturated rings. The van der Waals surface area contributed by atoms with E-state index in [-0.39, 0.29) is 18.2 Å². The Balaban J connectivity index is 1.47. The summed E-state index contributed by atoms with van der Waals surface area (Å²) in [5.74, 6) is 0.951. The highest BCUT2D eigenvalue weighted by molar-refractivity contribution is 5.90. The third kappa shape index (κ3) is 6.48. The van der Waals surface area contributed by atoms with E-state index in [1.165, 1.54) is 0 Å². The van der Waals surface area contributed by atoms with Gasteiger partial charge in [0.05, 0.1) is 24.9 Å². The van der Waals surface area contributed by atoms with Crippen LogP contribution in [0.3, 0.4) is 0 Å². The molecule has 6 heteroatoms. The topological polar surface area (TPSA) is 65.1 Å². The van der Waals surface area contributed by atoms with Crippen molar-refractivity contribution in [3.8, 4) is 16.9 Å². The van der Waals surface area contributed by atoms with Crippen LogP contribution in [-0.4, -0.2) is 49.4 Å². The number of carbonyl (C=O) groups excluding carboxylic acids is 2. The molecule has 0 atom stereocenters. The quantitative estimate of drug-likeness (QED) is 0.573. The summed E-state index contributed by atoms with van der Waals surface area (Å²) in [7, 11) is 0. The van der Waals surface area contributed by atoms with E-state index in [2.05, 4.69) is 0 Å². The summed E-state index contributed by atoms with van der Waals surface area (Å²) >= 11 is 0. The van der Waals surface area contributed by atoms with E-state index >= 15 is 0 Å². The van der Waals surface area contributed by atoms with Gasteiger partial charge < -0.3 is 19.1 Å². The van der Waals surface area contributed by atoms with E-state index < -0.39 is 0 Å². The van der Waals surface area contributed by atoms with Crippen LogP contribution in [0.5, 0.6) is 5.75 Å². The first-order valence-corrected chi connectivity index (χ1v) is 10.9.